The minimum absolute atomic E-state index is 0.0181. The third kappa shape index (κ3) is 4.04. The van der Waals surface area contributed by atoms with E-state index in [1.807, 2.05) is 56.3 Å². The van der Waals surface area contributed by atoms with Crippen molar-refractivity contribution < 1.29 is 4.79 Å². The molecular formula is C21H24N4O. The van der Waals surface area contributed by atoms with Crippen molar-refractivity contribution in [1.82, 2.24) is 4.90 Å². The molecule has 0 spiro atoms. The number of benzene rings is 2. The SMILES string of the molecule is Cc1cccc(NC(=O)CN2CCN(c3ccccc3C#N)CC2)c1C. The van der Waals surface area contributed by atoms with Gasteiger partial charge in [-0.05, 0) is 43.2 Å². The Morgan fingerprint density at radius 1 is 1.08 bits per heavy atom. The second-order valence-corrected chi connectivity index (χ2v) is 6.69. The summed E-state index contributed by atoms with van der Waals surface area (Å²) in [6.07, 6.45) is 0. The second kappa shape index (κ2) is 8.03. The number of para-hydroxylation sites is 1. The Bertz CT molecular complexity index is 832. The van der Waals surface area contributed by atoms with E-state index in [4.69, 9.17) is 0 Å². The van der Waals surface area contributed by atoms with Crippen molar-refractivity contribution in [1.29, 1.82) is 5.26 Å². The monoisotopic (exact) mass is 348 g/mol. The van der Waals surface area contributed by atoms with E-state index in [1.54, 1.807) is 0 Å². The Hall–Kier alpha value is -2.84. The molecule has 1 amide bonds. The van der Waals surface area contributed by atoms with Gasteiger partial charge in [0.25, 0.3) is 0 Å². The van der Waals surface area contributed by atoms with E-state index >= 15 is 0 Å². The van der Waals surface area contributed by atoms with E-state index in [0.717, 1.165) is 43.1 Å². The number of nitriles is 1. The Labute approximate surface area is 154 Å². The highest BCUT2D eigenvalue weighted by Gasteiger charge is 2.21. The van der Waals surface area contributed by atoms with Crippen LogP contribution in [-0.2, 0) is 4.79 Å². The van der Waals surface area contributed by atoms with Crippen LogP contribution in [0.4, 0.5) is 11.4 Å². The number of aryl methyl sites for hydroxylation is 1. The van der Waals surface area contributed by atoms with Crippen LogP contribution in [0.25, 0.3) is 0 Å². The minimum atomic E-state index is 0.0181. The molecule has 3 rings (SSSR count). The minimum Gasteiger partial charge on any atom is -0.368 e. The van der Waals surface area contributed by atoms with Crippen LogP contribution >= 0.6 is 0 Å². The van der Waals surface area contributed by atoms with E-state index in [-0.39, 0.29) is 5.91 Å². The molecule has 0 aliphatic carbocycles. The van der Waals surface area contributed by atoms with Crippen molar-refractivity contribution in [3.63, 3.8) is 0 Å². The van der Waals surface area contributed by atoms with Crippen molar-refractivity contribution in [3.8, 4) is 6.07 Å². The number of nitrogens with one attached hydrogen (secondary N) is 1. The van der Waals surface area contributed by atoms with Gasteiger partial charge >= 0.3 is 0 Å². The summed E-state index contributed by atoms with van der Waals surface area (Å²) in [7, 11) is 0. The van der Waals surface area contributed by atoms with Gasteiger partial charge in [-0.3, -0.25) is 9.69 Å². The number of carbonyl (C=O) groups is 1. The summed E-state index contributed by atoms with van der Waals surface area (Å²) in [5.74, 6) is 0.0181. The van der Waals surface area contributed by atoms with Crippen molar-refractivity contribution in [2.24, 2.45) is 0 Å². The van der Waals surface area contributed by atoms with Crippen molar-refractivity contribution in [2.45, 2.75) is 13.8 Å². The fraction of sp³-hybridized carbons (Fsp3) is 0.333. The van der Waals surface area contributed by atoms with Crippen LogP contribution in [0, 0.1) is 25.2 Å². The summed E-state index contributed by atoms with van der Waals surface area (Å²) in [5, 5.41) is 12.3. The summed E-state index contributed by atoms with van der Waals surface area (Å²) in [6.45, 7) is 7.70. The average molecular weight is 348 g/mol. The molecule has 1 heterocycles. The van der Waals surface area contributed by atoms with Crippen LogP contribution in [0.1, 0.15) is 16.7 Å². The zero-order valence-corrected chi connectivity index (χ0v) is 15.3. The maximum Gasteiger partial charge on any atom is 0.238 e. The lowest BCUT2D eigenvalue weighted by atomic mass is 10.1. The normalized spacial score (nSPS) is 14.7. The van der Waals surface area contributed by atoms with E-state index in [1.165, 1.54) is 5.56 Å². The van der Waals surface area contributed by atoms with E-state index in [2.05, 4.69) is 21.2 Å². The zero-order valence-electron chi connectivity index (χ0n) is 15.3. The van der Waals surface area contributed by atoms with Gasteiger partial charge in [0.15, 0.2) is 0 Å². The lowest BCUT2D eigenvalue weighted by molar-refractivity contribution is -0.117. The maximum atomic E-state index is 12.4. The molecule has 5 heteroatoms. The highest BCUT2D eigenvalue weighted by Crippen LogP contribution is 2.21. The van der Waals surface area contributed by atoms with Crippen molar-refractivity contribution in [2.75, 3.05) is 42.9 Å². The second-order valence-electron chi connectivity index (χ2n) is 6.69. The van der Waals surface area contributed by atoms with Crippen LogP contribution in [-0.4, -0.2) is 43.5 Å². The lowest BCUT2D eigenvalue weighted by Gasteiger charge is -2.36. The number of anilines is 2. The van der Waals surface area contributed by atoms with Gasteiger partial charge in [0.1, 0.15) is 6.07 Å². The van der Waals surface area contributed by atoms with E-state index < -0.39 is 0 Å². The van der Waals surface area contributed by atoms with Crippen LogP contribution in [0.3, 0.4) is 0 Å². The van der Waals surface area contributed by atoms with E-state index in [0.29, 0.717) is 12.1 Å². The molecule has 0 radical (unpaired) electrons. The molecular weight excluding hydrogens is 324 g/mol. The number of piperazine rings is 1. The first kappa shape index (κ1) is 18.0. The van der Waals surface area contributed by atoms with Crippen LogP contribution in [0.2, 0.25) is 0 Å². The molecule has 1 N–H and O–H groups in total. The van der Waals surface area contributed by atoms with Crippen molar-refractivity contribution in [3.05, 3.63) is 59.2 Å². The predicted octanol–water partition coefficient (Wildman–Crippen LogP) is 2.94. The molecule has 0 aromatic heterocycles. The number of hydrogen-bond acceptors (Lipinski definition) is 4. The third-order valence-electron chi connectivity index (χ3n) is 4.98. The standard InChI is InChI=1S/C21H24N4O/c1-16-6-5-8-19(17(16)2)23-21(26)15-24-10-12-25(13-11-24)20-9-4-3-7-18(20)14-22/h3-9H,10-13,15H2,1-2H3,(H,23,26). The van der Waals surface area contributed by atoms with Gasteiger partial charge in [-0.2, -0.15) is 5.26 Å². The summed E-state index contributed by atoms with van der Waals surface area (Å²) in [4.78, 5) is 16.8. The molecule has 0 unspecified atom stereocenters. The van der Waals surface area contributed by atoms with Gasteiger partial charge in [-0.25, -0.2) is 0 Å². The molecule has 2 aromatic rings. The zero-order chi connectivity index (χ0) is 18.5. The van der Waals surface area contributed by atoms with Gasteiger partial charge in [0, 0.05) is 31.9 Å². The molecule has 134 valence electrons. The molecule has 1 fully saturated rings. The number of hydrogen-bond donors (Lipinski definition) is 1. The molecule has 1 aliphatic rings. The Morgan fingerprint density at radius 3 is 2.54 bits per heavy atom. The molecule has 26 heavy (non-hydrogen) atoms. The summed E-state index contributed by atoms with van der Waals surface area (Å²) < 4.78 is 0. The van der Waals surface area contributed by atoms with E-state index in [9.17, 15) is 10.1 Å². The summed E-state index contributed by atoms with van der Waals surface area (Å²) >= 11 is 0. The first-order valence-electron chi connectivity index (χ1n) is 8.91. The summed E-state index contributed by atoms with van der Waals surface area (Å²) in [5.41, 5.74) is 4.85. The average Bonchev–Trinajstić information content (AvgIpc) is 2.66. The predicted molar refractivity (Wildman–Crippen MR) is 104 cm³/mol. The Kier molecular flexibility index (Phi) is 5.55. The van der Waals surface area contributed by atoms with Gasteiger partial charge in [0.2, 0.25) is 5.91 Å². The molecule has 2 aromatic carbocycles. The first-order chi connectivity index (χ1) is 12.6. The first-order valence-corrected chi connectivity index (χ1v) is 8.91. The van der Waals surface area contributed by atoms with Gasteiger partial charge in [0.05, 0.1) is 17.8 Å². The molecule has 5 nitrogen and oxygen atoms in total. The fourth-order valence-corrected chi connectivity index (χ4v) is 3.27. The lowest BCUT2D eigenvalue weighted by Crippen LogP contribution is -2.48. The molecule has 1 aliphatic heterocycles. The van der Waals surface area contributed by atoms with Crippen LogP contribution < -0.4 is 10.2 Å². The molecule has 0 bridgehead atoms. The Balaban J connectivity index is 1.55. The van der Waals surface area contributed by atoms with Gasteiger partial charge in [-0.15, -0.1) is 0 Å². The van der Waals surface area contributed by atoms with Crippen LogP contribution in [0.5, 0.6) is 0 Å². The van der Waals surface area contributed by atoms with Gasteiger partial charge in [-0.1, -0.05) is 24.3 Å². The smallest absolute Gasteiger partial charge is 0.238 e. The number of carbonyl (C=O) groups excluding carboxylic acids is 1. The highest BCUT2D eigenvalue weighted by molar-refractivity contribution is 5.93. The number of nitrogens with zero attached hydrogens (tertiary/aromatic N) is 3. The molecule has 0 saturated carbocycles. The van der Waals surface area contributed by atoms with Crippen molar-refractivity contribution >= 4 is 17.3 Å². The van der Waals surface area contributed by atoms with Crippen LogP contribution in [0.15, 0.2) is 42.5 Å². The summed E-state index contributed by atoms with van der Waals surface area (Å²) in [6, 6.07) is 15.9. The highest BCUT2D eigenvalue weighted by atomic mass is 16.2. The number of rotatable bonds is 4. The molecule has 0 atom stereocenters. The quantitative estimate of drug-likeness (QED) is 0.923. The Morgan fingerprint density at radius 2 is 1.81 bits per heavy atom. The molecule has 1 saturated heterocycles. The van der Waals surface area contributed by atoms with Gasteiger partial charge < -0.3 is 10.2 Å². The fourth-order valence-electron chi connectivity index (χ4n) is 3.27. The topological polar surface area (TPSA) is 59.4 Å². The maximum absolute atomic E-state index is 12.4. The third-order valence-corrected chi connectivity index (χ3v) is 4.98. The largest absolute Gasteiger partial charge is 0.368 e. The number of amides is 1.